The van der Waals surface area contributed by atoms with Crippen LogP contribution < -0.4 is 10.1 Å². The Bertz CT molecular complexity index is 555. The van der Waals surface area contributed by atoms with Crippen LogP contribution in [0.3, 0.4) is 0 Å². The first kappa shape index (κ1) is 13.0. The van der Waals surface area contributed by atoms with E-state index in [4.69, 9.17) is 4.74 Å². The third kappa shape index (κ3) is 2.36. The number of rotatable bonds is 4. The van der Waals surface area contributed by atoms with Crippen LogP contribution in [0.4, 0.5) is 0 Å². The largest absolute Gasteiger partial charge is 0.497 e. The Balaban J connectivity index is 2.45. The number of aryl methyl sites for hydroxylation is 2. The van der Waals surface area contributed by atoms with Crippen molar-refractivity contribution in [3.05, 3.63) is 29.5 Å². The number of benzene rings is 1. The molecular weight excluding hydrogens is 224 g/mol. The number of methoxy groups -OCH3 is 1. The van der Waals surface area contributed by atoms with Crippen LogP contribution in [0.5, 0.6) is 5.75 Å². The Morgan fingerprint density at radius 2 is 2.00 bits per heavy atom. The fourth-order valence-corrected chi connectivity index (χ4v) is 2.36. The molecule has 18 heavy (non-hydrogen) atoms. The minimum absolute atomic E-state index is 0.499. The number of hydrogen-bond donors (Lipinski definition) is 1. The average molecular weight is 246 g/mol. The van der Waals surface area contributed by atoms with E-state index in [0.29, 0.717) is 6.04 Å². The molecule has 0 aliphatic rings. The number of fused-ring (bicyclic) bond motifs is 1. The van der Waals surface area contributed by atoms with Gasteiger partial charge >= 0.3 is 0 Å². The first-order chi connectivity index (χ1) is 8.52. The number of nitrogens with one attached hydrogen (secondary N) is 1. The molecule has 1 aromatic heterocycles. The Morgan fingerprint density at radius 1 is 1.28 bits per heavy atom. The van der Waals surface area contributed by atoms with Crippen LogP contribution in [0, 0.1) is 6.92 Å². The number of nitrogens with zero attached hydrogens (tertiary/aromatic N) is 1. The van der Waals surface area contributed by atoms with E-state index in [2.05, 4.69) is 55.9 Å². The Labute approximate surface area is 109 Å². The minimum atomic E-state index is 0.499. The molecule has 0 amide bonds. The lowest BCUT2D eigenvalue weighted by atomic mass is 10.1. The molecule has 0 bridgehead atoms. The van der Waals surface area contributed by atoms with Crippen molar-refractivity contribution in [3.63, 3.8) is 0 Å². The van der Waals surface area contributed by atoms with Gasteiger partial charge in [-0.25, -0.2) is 0 Å². The summed E-state index contributed by atoms with van der Waals surface area (Å²) in [4.78, 5) is 0. The number of aromatic nitrogens is 1. The van der Waals surface area contributed by atoms with E-state index in [1.165, 1.54) is 22.2 Å². The van der Waals surface area contributed by atoms with Gasteiger partial charge in [0.05, 0.1) is 12.6 Å². The van der Waals surface area contributed by atoms with Gasteiger partial charge in [-0.15, -0.1) is 0 Å². The summed E-state index contributed by atoms with van der Waals surface area (Å²) in [6.07, 6.45) is 0. The first-order valence-corrected chi connectivity index (χ1v) is 6.39. The lowest BCUT2D eigenvalue weighted by molar-refractivity contribution is 0.415. The van der Waals surface area contributed by atoms with Gasteiger partial charge in [-0.2, -0.15) is 0 Å². The Hall–Kier alpha value is -1.48. The SMILES string of the molecule is COc1cc(C)c2c(c1)cc(CNC(C)C)n2C. The Morgan fingerprint density at radius 3 is 2.61 bits per heavy atom. The molecule has 2 aromatic rings. The smallest absolute Gasteiger partial charge is 0.119 e. The van der Waals surface area contributed by atoms with E-state index in [-0.39, 0.29) is 0 Å². The molecule has 0 saturated heterocycles. The summed E-state index contributed by atoms with van der Waals surface area (Å²) >= 11 is 0. The van der Waals surface area contributed by atoms with Crippen LogP contribution in [-0.2, 0) is 13.6 Å². The third-order valence-corrected chi connectivity index (χ3v) is 3.32. The molecule has 1 heterocycles. The molecule has 1 N–H and O–H groups in total. The molecule has 0 aliphatic carbocycles. The zero-order valence-corrected chi connectivity index (χ0v) is 11.9. The van der Waals surface area contributed by atoms with Crippen molar-refractivity contribution >= 4 is 10.9 Å². The van der Waals surface area contributed by atoms with Crippen molar-refractivity contribution in [2.75, 3.05) is 7.11 Å². The number of hydrogen-bond acceptors (Lipinski definition) is 2. The van der Waals surface area contributed by atoms with E-state index in [1.54, 1.807) is 7.11 Å². The maximum absolute atomic E-state index is 5.33. The van der Waals surface area contributed by atoms with Crippen molar-refractivity contribution in [2.45, 2.75) is 33.4 Å². The van der Waals surface area contributed by atoms with Gasteiger partial charge in [0, 0.05) is 30.7 Å². The molecule has 0 radical (unpaired) electrons. The summed E-state index contributed by atoms with van der Waals surface area (Å²) < 4.78 is 7.59. The standard InChI is InChI=1S/C15H22N2O/c1-10(2)16-9-13-7-12-8-14(18-5)6-11(3)15(12)17(13)4/h6-8,10,16H,9H2,1-5H3. The molecule has 0 saturated carbocycles. The molecule has 3 heteroatoms. The lowest BCUT2D eigenvalue weighted by Crippen LogP contribution is -2.23. The zero-order valence-electron chi connectivity index (χ0n) is 11.9. The highest BCUT2D eigenvalue weighted by Gasteiger charge is 2.09. The lowest BCUT2D eigenvalue weighted by Gasteiger charge is -2.10. The molecule has 0 aliphatic heterocycles. The predicted octanol–water partition coefficient (Wildman–Crippen LogP) is 2.99. The monoisotopic (exact) mass is 246 g/mol. The maximum atomic E-state index is 5.33. The van der Waals surface area contributed by atoms with Crippen molar-refractivity contribution < 1.29 is 4.74 Å². The molecule has 98 valence electrons. The predicted molar refractivity (Wildman–Crippen MR) is 76.2 cm³/mol. The fourth-order valence-electron chi connectivity index (χ4n) is 2.36. The summed E-state index contributed by atoms with van der Waals surface area (Å²) in [5.74, 6) is 0.925. The maximum Gasteiger partial charge on any atom is 0.119 e. The van der Waals surface area contributed by atoms with Gasteiger partial charge in [0.15, 0.2) is 0 Å². The average Bonchev–Trinajstić information content (AvgIpc) is 2.63. The van der Waals surface area contributed by atoms with Gasteiger partial charge in [0.2, 0.25) is 0 Å². The topological polar surface area (TPSA) is 26.2 Å². The van der Waals surface area contributed by atoms with Crippen LogP contribution in [0.1, 0.15) is 25.1 Å². The zero-order chi connectivity index (χ0) is 13.3. The molecule has 0 spiro atoms. The van der Waals surface area contributed by atoms with Crippen LogP contribution >= 0.6 is 0 Å². The van der Waals surface area contributed by atoms with E-state index in [0.717, 1.165) is 12.3 Å². The van der Waals surface area contributed by atoms with Gasteiger partial charge < -0.3 is 14.6 Å². The van der Waals surface area contributed by atoms with Crippen LogP contribution in [0.25, 0.3) is 10.9 Å². The highest BCUT2D eigenvalue weighted by Crippen LogP contribution is 2.27. The molecule has 0 atom stereocenters. The van der Waals surface area contributed by atoms with Gasteiger partial charge in [0.25, 0.3) is 0 Å². The van der Waals surface area contributed by atoms with E-state index in [9.17, 15) is 0 Å². The van der Waals surface area contributed by atoms with Crippen molar-refractivity contribution in [1.29, 1.82) is 0 Å². The quantitative estimate of drug-likeness (QED) is 0.897. The summed E-state index contributed by atoms with van der Waals surface area (Å²) in [5, 5.41) is 4.70. The molecular formula is C15H22N2O. The van der Waals surface area contributed by atoms with Gasteiger partial charge in [-0.05, 0) is 30.7 Å². The molecule has 0 fully saturated rings. The van der Waals surface area contributed by atoms with Crippen molar-refractivity contribution in [1.82, 2.24) is 9.88 Å². The first-order valence-electron chi connectivity index (χ1n) is 6.39. The highest BCUT2D eigenvalue weighted by atomic mass is 16.5. The van der Waals surface area contributed by atoms with Crippen LogP contribution in [-0.4, -0.2) is 17.7 Å². The summed E-state index contributed by atoms with van der Waals surface area (Å²) in [6.45, 7) is 7.35. The van der Waals surface area contributed by atoms with Crippen LogP contribution in [0.15, 0.2) is 18.2 Å². The van der Waals surface area contributed by atoms with Crippen molar-refractivity contribution in [2.24, 2.45) is 7.05 Å². The fraction of sp³-hybridized carbons (Fsp3) is 0.467. The summed E-state index contributed by atoms with van der Waals surface area (Å²) in [7, 11) is 3.84. The van der Waals surface area contributed by atoms with Crippen molar-refractivity contribution in [3.8, 4) is 5.75 Å². The second kappa shape index (κ2) is 5.02. The van der Waals surface area contributed by atoms with Gasteiger partial charge in [-0.1, -0.05) is 13.8 Å². The van der Waals surface area contributed by atoms with E-state index in [1.807, 2.05) is 0 Å². The summed E-state index contributed by atoms with van der Waals surface area (Å²) in [5.41, 5.74) is 3.84. The second-order valence-electron chi connectivity index (χ2n) is 5.11. The van der Waals surface area contributed by atoms with E-state index < -0.39 is 0 Å². The molecule has 3 nitrogen and oxygen atoms in total. The minimum Gasteiger partial charge on any atom is -0.497 e. The number of ether oxygens (including phenoxy) is 1. The third-order valence-electron chi connectivity index (χ3n) is 3.32. The van der Waals surface area contributed by atoms with E-state index >= 15 is 0 Å². The van der Waals surface area contributed by atoms with Crippen LogP contribution in [0.2, 0.25) is 0 Å². The molecule has 1 aromatic carbocycles. The molecule has 2 rings (SSSR count). The summed E-state index contributed by atoms with van der Waals surface area (Å²) in [6, 6.07) is 6.92. The normalized spacial score (nSPS) is 11.4. The highest BCUT2D eigenvalue weighted by molar-refractivity contribution is 5.85. The van der Waals surface area contributed by atoms with Gasteiger partial charge in [0.1, 0.15) is 5.75 Å². The second-order valence-corrected chi connectivity index (χ2v) is 5.11. The van der Waals surface area contributed by atoms with Gasteiger partial charge in [-0.3, -0.25) is 0 Å². The molecule has 0 unspecified atom stereocenters. The Kier molecular flexibility index (Phi) is 3.62.